The van der Waals surface area contributed by atoms with Crippen LogP contribution in [0.3, 0.4) is 0 Å². The van der Waals surface area contributed by atoms with Gasteiger partial charge in [-0.25, -0.2) is 0 Å². The summed E-state index contributed by atoms with van der Waals surface area (Å²) < 4.78 is 0. The number of carbonyl (C=O) groups excluding carboxylic acids is 1. The number of aryl methyl sites for hydroxylation is 1. The minimum atomic E-state index is -0.434. The third-order valence-electron chi connectivity index (χ3n) is 3.40. The number of rotatable bonds is 2. The van der Waals surface area contributed by atoms with Crippen molar-refractivity contribution >= 4 is 11.6 Å². The van der Waals surface area contributed by atoms with Gasteiger partial charge in [0.05, 0.1) is 4.92 Å². The third kappa shape index (κ3) is 2.73. The zero-order chi connectivity index (χ0) is 14.0. The van der Waals surface area contributed by atoms with Crippen LogP contribution in [0.1, 0.15) is 22.8 Å². The van der Waals surface area contributed by atoms with Crippen LogP contribution in [0.5, 0.6) is 0 Å². The van der Waals surface area contributed by atoms with Gasteiger partial charge >= 0.3 is 0 Å². The summed E-state index contributed by atoms with van der Waals surface area (Å²) >= 11 is 0. The fraction of sp³-hybridized carbons (Fsp3) is 0.462. The van der Waals surface area contributed by atoms with Crippen LogP contribution in [0.2, 0.25) is 0 Å². The molecular weight excluding hydrogens is 246 g/mol. The number of nitrogens with zero attached hydrogens (tertiary/aromatic N) is 2. The lowest BCUT2D eigenvalue weighted by Crippen LogP contribution is -2.52. The lowest BCUT2D eigenvalue weighted by atomic mass is 10.1. The number of nitrogens with one attached hydrogen (secondary N) is 1. The Hall–Kier alpha value is -1.95. The molecule has 1 aromatic rings. The van der Waals surface area contributed by atoms with Gasteiger partial charge in [-0.3, -0.25) is 14.9 Å². The first-order valence-corrected chi connectivity index (χ1v) is 6.27. The van der Waals surface area contributed by atoms with E-state index in [-0.39, 0.29) is 17.6 Å². The summed E-state index contributed by atoms with van der Waals surface area (Å²) in [4.78, 5) is 24.5. The van der Waals surface area contributed by atoms with Crippen LogP contribution in [-0.2, 0) is 0 Å². The Bertz CT molecular complexity index is 516. The Labute approximate surface area is 111 Å². The van der Waals surface area contributed by atoms with Gasteiger partial charge in [0.2, 0.25) is 0 Å². The van der Waals surface area contributed by atoms with Crippen LogP contribution < -0.4 is 5.32 Å². The summed E-state index contributed by atoms with van der Waals surface area (Å²) in [6.07, 6.45) is 0. The van der Waals surface area contributed by atoms with Gasteiger partial charge in [0.25, 0.3) is 11.6 Å². The number of piperazine rings is 1. The number of hydrogen-bond acceptors (Lipinski definition) is 4. The van der Waals surface area contributed by atoms with Crippen molar-refractivity contribution in [2.75, 3.05) is 19.6 Å². The molecule has 0 aliphatic carbocycles. The average molecular weight is 263 g/mol. The van der Waals surface area contributed by atoms with Gasteiger partial charge in [0.15, 0.2) is 0 Å². The molecule has 0 aromatic heterocycles. The minimum absolute atomic E-state index is 0.0462. The van der Waals surface area contributed by atoms with E-state index in [1.807, 2.05) is 6.92 Å². The van der Waals surface area contributed by atoms with Gasteiger partial charge in [0.1, 0.15) is 0 Å². The highest BCUT2D eigenvalue weighted by atomic mass is 16.6. The fourth-order valence-electron chi connectivity index (χ4n) is 2.30. The second kappa shape index (κ2) is 5.36. The molecule has 1 fully saturated rings. The molecule has 1 heterocycles. The van der Waals surface area contributed by atoms with Crippen molar-refractivity contribution in [2.24, 2.45) is 0 Å². The maximum absolute atomic E-state index is 12.4. The first-order chi connectivity index (χ1) is 9.00. The molecule has 0 radical (unpaired) electrons. The Balaban J connectivity index is 2.24. The van der Waals surface area contributed by atoms with E-state index in [0.717, 1.165) is 13.1 Å². The van der Waals surface area contributed by atoms with E-state index in [1.54, 1.807) is 17.9 Å². The van der Waals surface area contributed by atoms with Crippen LogP contribution >= 0.6 is 0 Å². The van der Waals surface area contributed by atoms with Gasteiger partial charge < -0.3 is 10.2 Å². The minimum Gasteiger partial charge on any atom is -0.333 e. The van der Waals surface area contributed by atoms with Gasteiger partial charge in [-0.2, -0.15) is 0 Å². The van der Waals surface area contributed by atoms with Crippen molar-refractivity contribution < 1.29 is 9.72 Å². The summed E-state index contributed by atoms with van der Waals surface area (Å²) in [6.45, 7) is 5.86. The SMILES string of the molecule is Cc1cc(C(=O)N2CCNC[C@H]2C)ccc1[N+](=O)[O-]. The normalized spacial score (nSPS) is 19.3. The van der Waals surface area contributed by atoms with Crippen LogP contribution in [0.15, 0.2) is 18.2 Å². The maximum Gasteiger partial charge on any atom is 0.272 e. The Morgan fingerprint density at radius 3 is 2.84 bits per heavy atom. The van der Waals surface area contributed by atoms with Crippen LogP contribution in [0.25, 0.3) is 0 Å². The molecule has 0 spiro atoms. The summed E-state index contributed by atoms with van der Waals surface area (Å²) in [5.74, 6) is -0.0630. The van der Waals surface area contributed by atoms with E-state index in [9.17, 15) is 14.9 Å². The van der Waals surface area contributed by atoms with Crippen LogP contribution in [0.4, 0.5) is 5.69 Å². The first-order valence-electron chi connectivity index (χ1n) is 6.27. The van der Waals surface area contributed by atoms with E-state index in [2.05, 4.69) is 5.32 Å². The van der Waals surface area contributed by atoms with Crippen molar-refractivity contribution in [3.63, 3.8) is 0 Å². The zero-order valence-electron chi connectivity index (χ0n) is 11.0. The summed E-state index contributed by atoms with van der Waals surface area (Å²) in [6, 6.07) is 4.66. The second-order valence-corrected chi connectivity index (χ2v) is 4.81. The monoisotopic (exact) mass is 263 g/mol. The zero-order valence-corrected chi connectivity index (χ0v) is 11.0. The van der Waals surface area contributed by atoms with Crippen molar-refractivity contribution in [1.29, 1.82) is 0 Å². The molecule has 1 saturated heterocycles. The van der Waals surface area contributed by atoms with E-state index in [1.165, 1.54) is 12.1 Å². The summed E-state index contributed by atoms with van der Waals surface area (Å²) in [5, 5.41) is 14.0. The van der Waals surface area contributed by atoms with Gasteiger partial charge in [-0.05, 0) is 26.0 Å². The van der Waals surface area contributed by atoms with E-state index in [0.29, 0.717) is 17.7 Å². The molecule has 6 nitrogen and oxygen atoms in total. The molecule has 0 bridgehead atoms. The number of amides is 1. The molecule has 1 atom stereocenters. The molecule has 1 aliphatic rings. The highest BCUT2D eigenvalue weighted by Crippen LogP contribution is 2.20. The highest BCUT2D eigenvalue weighted by molar-refractivity contribution is 5.95. The molecule has 0 saturated carbocycles. The third-order valence-corrected chi connectivity index (χ3v) is 3.40. The van der Waals surface area contributed by atoms with Crippen LogP contribution in [-0.4, -0.2) is 41.4 Å². The Morgan fingerprint density at radius 2 is 2.26 bits per heavy atom. The molecule has 19 heavy (non-hydrogen) atoms. The lowest BCUT2D eigenvalue weighted by molar-refractivity contribution is -0.385. The van der Waals surface area contributed by atoms with Crippen molar-refractivity contribution in [3.05, 3.63) is 39.4 Å². The van der Waals surface area contributed by atoms with Gasteiger partial charge in [-0.1, -0.05) is 0 Å². The second-order valence-electron chi connectivity index (χ2n) is 4.81. The molecule has 0 unspecified atom stereocenters. The van der Waals surface area contributed by atoms with Crippen molar-refractivity contribution in [1.82, 2.24) is 10.2 Å². The van der Waals surface area contributed by atoms with Crippen LogP contribution in [0, 0.1) is 17.0 Å². The predicted octanol–water partition coefficient (Wildman–Crippen LogP) is 1.34. The quantitative estimate of drug-likeness (QED) is 0.645. The molecule has 1 aliphatic heterocycles. The molecule has 102 valence electrons. The smallest absolute Gasteiger partial charge is 0.272 e. The topological polar surface area (TPSA) is 75.5 Å². The van der Waals surface area contributed by atoms with Crippen molar-refractivity contribution in [3.8, 4) is 0 Å². The summed E-state index contributed by atoms with van der Waals surface area (Å²) in [7, 11) is 0. The van der Waals surface area contributed by atoms with E-state index < -0.39 is 4.92 Å². The van der Waals surface area contributed by atoms with Gasteiger partial charge in [0, 0.05) is 42.9 Å². The van der Waals surface area contributed by atoms with E-state index >= 15 is 0 Å². The molecule has 1 N–H and O–H groups in total. The average Bonchev–Trinajstić information content (AvgIpc) is 2.38. The highest BCUT2D eigenvalue weighted by Gasteiger charge is 2.24. The molecule has 1 aromatic carbocycles. The number of nitro benzene ring substituents is 1. The summed E-state index contributed by atoms with van der Waals surface area (Å²) in [5.41, 5.74) is 1.07. The number of nitro groups is 1. The predicted molar refractivity (Wildman–Crippen MR) is 71.2 cm³/mol. The first kappa shape index (κ1) is 13.5. The fourth-order valence-corrected chi connectivity index (χ4v) is 2.30. The molecule has 1 amide bonds. The molecule has 2 rings (SSSR count). The number of benzene rings is 1. The number of carbonyl (C=O) groups is 1. The standard InChI is InChI=1S/C13H17N3O3/c1-9-7-11(3-4-12(9)16(18)19)13(17)15-6-5-14-8-10(15)2/h3-4,7,10,14H,5-6,8H2,1-2H3/t10-/m1/s1. The Morgan fingerprint density at radius 1 is 1.53 bits per heavy atom. The van der Waals surface area contributed by atoms with Crippen molar-refractivity contribution in [2.45, 2.75) is 19.9 Å². The van der Waals surface area contributed by atoms with E-state index in [4.69, 9.17) is 0 Å². The maximum atomic E-state index is 12.4. The number of hydrogen-bond donors (Lipinski definition) is 1. The largest absolute Gasteiger partial charge is 0.333 e. The molecule has 6 heteroatoms. The molecular formula is C13H17N3O3. The van der Waals surface area contributed by atoms with Gasteiger partial charge in [-0.15, -0.1) is 0 Å². The lowest BCUT2D eigenvalue weighted by Gasteiger charge is -2.34. The Kier molecular flexibility index (Phi) is 3.80.